The molecule has 10 heavy (non-hydrogen) atoms. The average molecular weight is 255 g/mol. The predicted octanol–water partition coefficient (Wildman–Crippen LogP) is 0.691. The predicted molar refractivity (Wildman–Crippen MR) is 38.4 cm³/mol. The van der Waals surface area contributed by atoms with Crippen LogP contribution in [0.5, 0.6) is 0 Å². The topological polar surface area (TPSA) is 27.7 Å². The summed E-state index contributed by atoms with van der Waals surface area (Å²) in [5.41, 5.74) is 0.180. The van der Waals surface area contributed by atoms with Crippen LogP contribution in [0.25, 0.3) is 0 Å². The first-order valence-electron chi connectivity index (χ1n) is 3.24. The van der Waals surface area contributed by atoms with Gasteiger partial charge in [0.05, 0.1) is 0 Å². The summed E-state index contributed by atoms with van der Waals surface area (Å²) in [4.78, 5) is 0. The van der Waals surface area contributed by atoms with Gasteiger partial charge in [0.25, 0.3) is 0 Å². The molecule has 0 aromatic carbocycles. The van der Waals surface area contributed by atoms with Crippen molar-refractivity contribution < 1.29 is 9.05 Å². The molecule has 1 saturated heterocycles. The van der Waals surface area contributed by atoms with Crippen LogP contribution in [0.15, 0.2) is 0 Å². The molecular formula is C6H13O3Sb. The maximum atomic E-state index is 5.38. The van der Waals surface area contributed by atoms with Crippen molar-refractivity contribution in [1.82, 2.24) is 0 Å². The van der Waals surface area contributed by atoms with Crippen LogP contribution in [0.2, 0.25) is 0 Å². The van der Waals surface area contributed by atoms with Crippen molar-refractivity contribution in [3.8, 4) is 0 Å². The van der Waals surface area contributed by atoms with Gasteiger partial charge in [-0.05, 0) is 0 Å². The van der Waals surface area contributed by atoms with E-state index < -0.39 is 21.5 Å². The molecule has 0 amide bonds. The molecule has 1 heterocycles. The Morgan fingerprint density at radius 3 is 2.20 bits per heavy atom. The molecule has 0 spiro atoms. The summed E-state index contributed by atoms with van der Waals surface area (Å²) >= 11 is -2.08. The second kappa shape index (κ2) is 3.40. The van der Waals surface area contributed by atoms with Gasteiger partial charge in [-0.2, -0.15) is 0 Å². The van der Waals surface area contributed by atoms with Gasteiger partial charge in [-0.1, -0.05) is 0 Å². The molecule has 0 aliphatic carbocycles. The molecule has 0 aromatic rings. The average Bonchev–Trinajstić information content (AvgIpc) is 1.88. The second-order valence-corrected chi connectivity index (χ2v) is 6.91. The van der Waals surface area contributed by atoms with Crippen LogP contribution >= 0.6 is 0 Å². The molecule has 0 unspecified atom stereocenters. The molecule has 4 heteroatoms. The fraction of sp³-hybridized carbons (Fsp3) is 1.00. The first-order valence-corrected chi connectivity index (χ1v) is 6.37. The van der Waals surface area contributed by atoms with Crippen molar-refractivity contribution in [1.29, 1.82) is 0 Å². The van der Waals surface area contributed by atoms with Gasteiger partial charge in [-0.15, -0.1) is 0 Å². The van der Waals surface area contributed by atoms with Gasteiger partial charge in [-0.25, -0.2) is 0 Å². The summed E-state index contributed by atoms with van der Waals surface area (Å²) in [6, 6.07) is 0. The van der Waals surface area contributed by atoms with E-state index in [0.29, 0.717) is 0 Å². The summed E-state index contributed by atoms with van der Waals surface area (Å²) < 4.78 is 15.8. The second-order valence-electron chi connectivity index (χ2n) is 3.12. The molecule has 1 rings (SSSR count). The summed E-state index contributed by atoms with van der Waals surface area (Å²) in [5, 5.41) is 0. The SMILES string of the molecule is C[O][Sb]1[O]CC(C)(C)C[O]1. The van der Waals surface area contributed by atoms with E-state index in [2.05, 4.69) is 13.8 Å². The standard InChI is InChI=1S/C5H10O2.CH3O.Sb/c1-5(2,3-6)4-7;1-2;/h3-4H2,1-2H3;1H3;/q-2;-1;+3. The van der Waals surface area contributed by atoms with Gasteiger partial charge in [0, 0.05) is 0 Å². The zero-order valence-corrected chi connectivity index (χ0v) is 9.14. The van der Waals surface area contributed by atoms with Crippen molar-refractivity contribution in [3.05, 3.63) is 0 Å². The van der Waals surface area contributed by atoms with Crippen LogP contribution < -0.4 is 0 Å². The fourth-order valence-electron chi connectivity index (χ4n) is 0.639. The third-order valence-corrected chi connectivity index (χ3v) is 4.06. The van der Waals surface area contributed by atoms with Crippen molar-refractivity contribution in [2.24, 2.45) is 5.41 Å². The summed E-state index contributed by atoms with van der Waals surface area (Å²) in [7, 11) is 1.65. The van der Waals surface area contributed by atoms with Crippen LogP contribution in [0.4, 0.5) is 0 Å². The Morgan fingerprint density at radius 2 is 1.80 bits per heavy atom. The van der Waals surface area contributed by atoms with Gasteiger partial charge in [-0.3, -0.25) is 0 Å². The normalized spacial score (nSPS) is 26.7. The van der Waals surface area contributed by atoms with Crippen molar-refractivity contribution in [2.75, 3.05) is 20.3 Å². The minimum absolute atomic E-state index is 0.180. The molecular weight excluding hydrogens is 242 g/mol. The van der Waals surface area contributed by atoms with E-state index in [1.54, 1.807) is 7.11 Å². The zero-order chi connectivity index (χ0) is 7.61. The minimum atomic E-state index is -2.08. The molecule has 0 N–H and O–H groups in total. The molecule has 0 saturated carbocycles. The van der Waals surface area contributed by atoms with Crippen LogP contribution in [0.1, 0.15) is 13.8 Å². The fourth-order valence-corrected chi connectivity index (χ4v) is 4.05. The van der Waals surface area contributed by atoms with E-state index in [9.17, 15) is 0 Å². The molecule has 0 bridgehead atoms. The molecule has 0 radical (unpaired) electrons. The van der Waals surface area contributed by atoms with E-state index in [1.807, 2.05) is 0 Å². The van der Waals surface area contributed by atoms with Gasteiger partial charge >= 0.3 is 70.1 Å². The van der Waals surface area contributed by atoms with E-state index in [4.69, 9.17) is 9.05 Å². The molecule has 3 nitrogen and oxygen atoms in total. The van der Waals surface area contributed by atoms with Gasteiger partial charge in [0.15, 0.2) is 0 Å². The summed E-state index contributed by atoms with van der Waals surface area (Å²) in [6.45, 7) is 5.81. The van der Waals surface area contributed by atoms with Gasteiger partial charge in [0.2, 0.25) is 0 Å². The third kappa shape index (κ3) is 2.39. The van der Waals surface area contributed by atoms with E-state index >= 15 is 0 Å². The van der Waals surface area contributed by atoms with Crippen molar-refractivity contribution >= 4 is 21.5 Å². The van der Waals surface area contributed by atoms with E-state index in [1.165, 1.54) is 0 Å². The number of hydrogen-bond donors (Lipinski definition) is 0. The Bertz CT molecular complexity index is 106. The Kier molecular flexibility index (Phi) is 2.99. The van der Waals surface area contributed by atoms with Crippen molar-refractivity contribution in [2.45, 2.75) is 13.8 Å². The van der Waals surface area contributed by atoms with Crippen LogP contribution in [0.3, 0.4) is 0 Å². The molecule has 0 aromatic heterocycles. The molecule has 0 atom stereocenters. The number of hydrogen-bond acceptors (Lipinski definition) is 3. The van der Waals surface area contributed by atoms with Crippen molar-refractivity contribution in [3.63, 3.8) is 0 Å². The molecule has 1 aliphatic rings. The van der Waals surface area contributed by atoms with Crippen LogP contribution in [-0.4, -0.2) is 41.8 Å². The number of rotatable bonds is 1. The Hall–Kier alpha value is 0.698. The first kappa shape index (κ1) is 8.79. The third-order valence-electron chi connectivity index (χ3n) is 1.27. The Labute approximate surface area is 70.3 Å². The summed E-state index contributed by atoms with van der Waals surface area (Å²) in [5.74, 6) is 0. The zero-order valence-electron chi connectivity index (χ0n) is 6.59. The van der Waals surface area contributed by atoms with Gasteiger partial charge < -0.3 is 0 Å². The monoisotopic (exact) mass is 254 g/mol. The van der Waals surface area contributed by atoms with Crippen LogP contribution in [0, 0.1) is 5.41 Å². The Balaban J connectivity index is 2.31. The Morgan fingerprint density at radius 1 is 1.30 bits per heavy atom. The maximum absolute atomic E-state index is 5.38. The van der Waals surface area contributed by atoms with Crippen LogP contribution in [-0.2, 0) is 9.05 Å². The molecule has 1 fully saturated rings. The van der Waals surface area contributed by atoms with E-state index in [-0.39, 0.29) is 5.41 Å². The van der Waals surface area contributed by atoms with Gasteiger partial charge in [0.1, 0.15) is 0 Å². The quantitative estimate of drug-likeness (QED) is 0.645. The molecule has 60 valence electrons. The molecule has 1 aliphatic heterocycles. The first-order chi connectivity index (χ1) is 4.64. The van der Waals surface area contributed by atoms with E-state index in [0.717, 1.165) is 13.2 Å². The summed E-state index contributed by atoms with van der Waals surface area (Å²) in [6.07, 6.45) is 0.